The molecule has 24 N–H and O–H groups in total. The van der Waals surface area contributed by atoms with Crippen LogP contribution in [0.3, 0.4) is 0 Å². The first-order valence-electron chi connectivity index (χ1n) is 2.10. The lowest BCUT2D eigenvalue weighted by atomic mass is 14.0. The van der Waals surface area contributed by atoms with E-state index in [9.17, 15) is 0 Å². The summed E-state index contributed by atoms with van der Waals surface area (Å²) < 4.78 is 94.8. The second-order valence-electron chi connectivity index (χ2n) is 1.34. The smallest absolute Gasteiger partial charge is 0.344 e. The SMILES string of the molecule is N.N.N.N.N.N.O=S(=O)(O)O.O=S(=O)(O)O.O=S(=O)(O)O. The van der Waals surface area contributed by atoms with E-state index < -0.39 is 31.2 Å². The van der Waals surface area contributed by atoms with Gasteiger partial charge in [-0.05, 0) is 0 Å². The van der Waals surface area contributed by atoms with Crippen LogP contribution in [-0.2, 0) is 31.2 Å². The minimum Gasteiger partial charge on any atom is -0.344 e. The summed E-state index contributed by atoms with van der Waals surface area (Å²) >= 11 is 0. The molecule has 0 unspecified atom stereocenters. The highest BCUT2D eigenvalue weighted by Crippen LogP contribution is 1.60. The van der Waals surface area contributed by atoms with Crippen molar-refractivity contribution in [3.63, 3.8) is 0 Å². The van der Waals surface area contributed by atoms with Crippen LogP contribution >= 0.6 is 0 Å². The van der Waals surface area contributed by atoms with E-state index in [4.69, 9.17) is 52.6 Å². The molecular weight excluding hydrogens is 372 g/mol. The van der Waals surface area contributed by atoms with Gasteiger partial charge >= 0.3 is 31.2 Å². The predicted molar refractivity (Wildman–Crippen MR) is 72.7 cm³/mol. The van der Waals surface area contributed by atoms with E-state index in [1.165, 1.54) is 0 Å². The van der Waals surface area contributed by atoms with Gasteiger partial charge in [-0.1, -0.05) is 0 Å². The summed E-state index contributed by atoms with van der Waals surface area (Å²) in [7, 11) is -14.0. The lowest BCUT2D eigenvalue weighted by Gasteiger charge is -1.68. The van der Waals surface area contributed by atoms with Gasteiger partial charge in [-0.15, -0.1) is 0 Å². The van der Waals surface area contributed by atoms with Crippen LogP contribution in [0.1, 0.15) is 0 Å². The second-order valence-corrected chi connectivity index (χ2v) is 4.03. The van der Waals surface area contributed by atoms with E-state index in [0.29, 0.717) is 0 Å². The largest absolute Gasteiger partial charge is 0.394 e. The lowest BCUT2D eigenvalue weighted by Crippen LogP contribution is -1.89. The quantitative estimate of drug-likeness (QED) is 0.218. The average Bonchev–Trinajstić information content (AvgIpc) is 1.41. The van der Waals surface area contributed by atoms with Crippen molar-refractivity contribution >= 4 is 31.2 Å². The standard InChI is InChI=1S/6H3N.3H2O4S/c;;;;;;3*1-5(2,3)4/h6*1H3;3*(H2,1,2,3,4). The van der Waals surface area contributed by atoms with Gasteiger partial charge in [0.1, 0.15) is 0 Å². The molecule has 0 saturated carbocycles. The molecule has 0 bridgehead atoms. The molecule has 0 saturated heterocycles. The number of hydrogen-bond acceptors (Lipinski definition) is 12. The molecule has 0 amide bonds. The summed E-state index contributed by atoms with van der Waals surface area (Å²) in [5.41, 5.74) is 0. The molecule has 0 rings (SSSR count). The van der Waals surface area contributed by atoms with Crippen LogP contribution in [0, 0.1) is 0 Å². The van der Waals surface area contributed by atoms with E-state index in [-0.39, 0.29) is 36.9 Å². The fourth-order valence-electron chi connectivity index (χ4n) is 0. The van der Waals surface area contributed by atoms with E-state index in [1.807, 2.05) is 0 Å². The van der Waals surface area contributed by atoms with E-state index in [0.717, 1.165) is 0 Å². The molecule has 0 spiro atoms. The van der Waals surface area contributed by atoms with Crippen molar-refractivity contribution in [1.82, 2.24) is 36.9 Å². The molecule has 0 heterocycles. The van der Waals surface area contributed by atoms with E-state index in [2.05, 4.69) is 0 Å². The minimum atomic E-state index is -4.67. The fourth-order valence-corrected chi connectivity index (χ4v) is 0. The summed E-state index contributed by atoms with van der Waals surface area (Å²) in [5, 5.41) is 0. The molecule has 0 radical (unpaired) electrons. The maximum atomic E-state index is 8.74. The Labute approximate surface area is 121 Å². The molecule has 0 aliphatic heterocycles. The van der Waals surface area contributed by atoms with Crippen LogP contribution in [0.4, 0.5) is 0 Å². The monoisotopic (exact) mass is 396 g/mol. The molecule has 0 aromatic carbocycles. The zero-order valence-electron chi connectivity index (χ0n) is 10.6. The van der Waals surface area contributed by atoms with E-state index >= 15 is 0 Å². The summed E-state index contributed by atoms with van der Waals surface area (Å²) in [5.74, 6) is 0. The van der Waals surface area contributed by atoms with Crippen molar-refractivity contribution in [2.75, 3.05) is 0 Å². The second kappa shape index (κ2) is 21.7. The summed E-state index contributed by atoms with van der Waals surface area (Å²) in [6, 6.07) is 0. The van der Waals surface area contributed by atoms with Crippen molar-refractivity contribution in [2.45, 2.75) is 0 Å². The Morgan fingerprint density at radius 3 is 0.333 bits per heavy atom. The topological polar surface area (TPSA) is 434 Å². The molecule has 18 nitrogen and oxygen atoms in total. The third kappa shape index (κ3) is 14700. The van der Waals surface area contributed by atoms with Gasteiger partial charge in [0, 0.05) is 0 Å². The lowest BCUT2D eigenvalue weighted by molar-refractivity contribution is 0.378. The predicted octanol–water partition coefficient (Wildman–Crippen LogP) is -0.986. The zero-order valence-corrected chi connectivity index (χ0v) is 13.0. The Bertz CT molecular complexity index is 350. The summed E-state index contributed by atoms with van der Waals surface area (Å²) in [6.45, 7) is 0. The first-order valence-corrected chi connectivity index (χ1v) is 6.29. The van der Waals surface area contributed by atoms with Crippen molar-refractivity contribution in [3.05, 3.63) is 0 Å². The van der Waals surface area contributed by atoms with Gasteiger partial charge in [-0.3, -0.25) is 27.3 Å². The van der Waals surface area contributed by atoms with Gasteiger partial charge in [0.15, 0.2) is 0 Å². The highest BCUT2D eigenvalue weighted by Gasteiger charge is 1.85. The van der Waals surface area contributed by atoms with Crippen molar-refractivity contribution in [1.29, 1.82) is 0 Å². The average molecular weight is 396 g/mol. The third-order valence-electron chi connectivity index (χ3n) is 0. The van der Waals surface area contributed by atoms with Crippen LogP contribution in [0.5, 0.6) is 0 Å². The Morgan fingerprint density at radius 2 is 0.333 bits per heavy atom. The number of hydrogen-bond donors (Lipinski definition) is 12. The van der Waals surface area contributed by atoms with Gasteiger partial charge in [0.25, 0.3) is 0 Å². The Kier molecular flexibility index (Phi) is 61.0. The first-order chi connectivity index (χ1) is 6.00. The first kappa shape index (κ1) is 59.1. The van der Waals surface area contributed by atoms with Gasteiger partial charge in [-0.25, -0.2) is 0 Å². The van der Waals surface area contributed by atoms with Gasteiger partial charge in [-0.2, -0.15) is 25.3 Å². The van der Waals surface area contributed by atoms with Crippen molar-refractivity contribution in [2.24, 2.45) is 0 Å². The molecule has 21 heteroatoms. The third-order valence-corrected chi connectivity index (χ3v) is 0. The fraction of sp³-hybridized carbons (Fsp3) is 0. The Morgan fingerprint density at radius 1 is 0.333 bits per heavy atom. The molecule has 0 aliphatic rings. The van der Waals surface area contributed by atoms with Crippen LogP contribution in [0.2, 0.25) is 0 Å². The van der Waals surface area contributed by atoms with Crippen LogP contribution in [0.25, 0.3) is 0 Å². The molecular formula is H24N6O12S3. The molecule has 0 aliphatic carbocycles. The highest BCUT2D eigenvalue weighted by molar-refractivity contribution is 7.80. The van der Waals surface area contributed by atoms with Crippen LogP contribution in [-0.4, -0.2) is 52.6 Å². The zero-order chi connectivity index (χ0) is 13.5. The van der Waals surface area contributed by atoms with Crippen molar-refractivity contribution in [3.8, 4) is 0 Å². The molecule has 144 valence electrons. The molecule has 21 heavy (non-hydrogen) atoms. The highest BCUT2D eigenvalue weighted by atomic mass is 32.3. The Hall–Kier alpha value is -0.630. The molecule has 0 fully saturated rings. The minimum absolute atomic E-state index is 0. The normalized spacial score (nSPS) is 8.29. The molecule has 0 aromatic rings. The van der Waals surface area contributed by atoms with Gasteiger partial charge < -0.3 is 36.9 Å². The van der Waals surface area contributed by atoms with Crippen LogP contribution < -0.4 is 36.9 Å². The maximum Gasteiger partial charge on any atom is 0.394 e. The Balaban J connectivity index is -0.0000000129. The molecule has 0 atom stereocenters. The summed E-state index contributed by atoms with van der Waals surface area (Å²) in [6.07, 6.45) is 0. The van der Waals surface area contributed by atoms with Crippen LogP contribution in [0.15, 0.2) is 0 Å². The van der Waals surface area contributed by atoms with E-state index in [1.54, 1.807) is 0 Å². The van der Waals surface area contributed by atoms with Crippen molar-refractivity contribution < 1.29 is 52.6 Å². The maximum absolute atomic E-state index is 8.74. The number of rotatable bonds is 0. The molecule has 0 aromatic heterocycles. The summed E-state index contributed by atoms with van der Waals surface area (Å²) in [4.78, 5) is 0. The van der Waals surface area contributed by atoms with Gasteiger partial charge in [0.05, 0.1) is 0 Å². The van der Waals surface area contributed by atoms with Gasteiger partial charge in [0.2, 0.25) is 0 Å².